The fourth-order valence-electron chi connectivity index (χ4n) is 3.30. The van der Waals surface area contributed by atoms with Crippen LogP contribution in [0.5, 0.6) is 0 Å². The lowest BCUT2D eigenvalue weighted by Gasteiger charge is -2.13. The number of tetrazole rings is 1. The fraction of sp³-hybridized carbons (Fsp3) is 0.412. The van der Waals surface area contributed by atoms with Crippen LogP contribution in [0.25, 0.3) is 10.8 Å². The van der Waals surface area contributed by atoms with Crippen molar-refractivity contribution in [2.45, 2.75) is 38.3 Å². The van der Waals surface area contributed by atoms with Gasteiger partial charge in [0.2, 0.25) is 5.91 Å². The molecule has 0 unspecified atom stereocenters. The first-order chi connectivity index (χ1) is 12.7. The van der Waals surface area contributed by atoms with Crippen molar-refractivity contribution in [2.24, 2.45) is 0 Å². The van der Waals surface area contributed by atoms with Crippen molar-refractivity contribution in [3.8, 4) is 0 Å². The molecule has 26 heavy (non-hydrogen) atoms. The Bertz CT molecular complexity index is 994. The molecule has 1 amide bonds. The standard InChI is InChI=1S/C17H19N7O2/c25-16(14-7-3-4-9-23-15(14)20-21-22-23)18-8-10-24-17(26)13-6-2-1-5-12(13)11-19-24/h1-2,5-6,11,14H,3-4,7-10H2,(H,18,25)/t14-/m0/s1. The third kappa shape index (κ3) is 3.07. The summed E-state index contributed by atoms with van der Waals surface area (Å²) in [6, 6.07) is 7.33. The Labute approximate surface area is 149 Å². The Kier molecular flexibility index (Phi) is 4.42. The molecular weight excluding hydrogens is 334 g/mol. The van der Waals surface area contributed by atoms with Crippen molar-refractivity contribution in [3.05, 3.63) is 46.6 Å². The van der Waals surface area contributed by atoms with Crippen LogP contribution < -0.4 is 10.9 Å². The minimum absolute atomic E-state index is 0.114. The van der Waals surface area contributed by atoms with Crippen molar-refractivity contribution in [1.82, 2.24) is 35.3 Å². The summed E-state index contributed by atoms with van der Waals surface area (Å²) in [5.41, 5.74) is -0.157. The largest absolute Gasteiger partial charge is 0.354 e. The maximum absolute atomic E-state index is 12.6. The van der Waals surface area contributed by atoms with Crippen LogP contribution in [-0.4, -0.2) is 42.4 Å². The number of fused-ring (bicyclic) bond motifs is 2. The highest BCUT2D eigenvalue weighted by atomic mass is 16.2. The average Bonchev–Trinajstić information content (AvgIpc) is 3.03. The van der Waals surface area contributed by atoms with Gasteiger partial charge < -0.3 is 5.32 Å². The van der Waals surface area contributed by atoms with Crippen molar-refractivity contribution >= 4 is 16.7 Å². The fourth-order valence-corrected chi connectivity index (χ4v) is 3.30. The molecule has 0 spiro atoms. The lowest BCUT2D eigenvalue weighted by molar-refractivity contribution is -0.122. The molecule has 0 fully saturated rings. The summed E-state index contributed by atoms with van der Waals surface area (Å²) in [6.07, 6.45) is 4.28. The normalized spacial score (nSPS) is 16.8. The summed E-state index contributed by atoms with van der Waals surface area (Å²) in [5.74, 6) is 0.145. The van der Waals surface area contributed by atoms with Gasteiger partial charge in [0.05, 0.1) is 24.0 Å². The number of hydrogen-bond donors (Lipinski definition) is 1. The molecule has 134 valence electrons. The summed E-state index contributed by atoms with van der Waals surface area (Å²) in [7, 11) is 0. The molecule has 9 heteroatoms. The molecule has 0 bridgehead atoms. The number of hydrogen-bond acceptors (Lipinski definition) is 6. The highest BCUT2D eigenvalue weighted by Gasteiger charge is 2.28. The van der Waals surface area contributed by atoms with Gasteiger partial charge in [0.25, 0.3) is 5.56 Å². The zero-order valence-corrected chi connectivity index (χ0v) is 14.2. The molecule has 1 aromatic carbocycles. The first kappa shape index (κ1) is 16.4. The van der Waals surface area contributed by atoms with Crippen molar-refractivity contribution in [2.75, 3.05) is 6.54 Å². The topological polar surface area (TPSA) is 108 Å². The van der Waals surface area contributed by atoms with E-state index in [1.165, 1.54) is 4.68 Å². The number of aryl methyl sites for hydroxylation is 1. The summed E-state index contributed by atoms with van der Waals surface area (Å²) in [5, 5.41) is 20.1. The third-order valence-corrected chi connectivity index (χ3v) is 4.69. The minimum atomic E-state index is -0.353. The molecule has 2 aromatic heterocycles. The van der Waals surface area contributed by atoms with Crippen LogP contribution in [-0.2, 0) is 17.9 Å². The van der Waals surface area contributed by atoms with Gasteiger partial charge in [0.1, 0.15) is 0 Å². The molecule has 0 saturated heterocycles. The molecule has 0 radical (unpaired) electrons. The molecule has 1 N–H and O–H groups in total. The molecule has 1 atom stereocenters. The van der Waals surface area contributed by atoms with Crippen molar-refractivity contribution in [1.29, 1.82) is 0 Å². The van der Waals surface area contributed by atoms with E-state index in [4.69, 9.17) is 0 Å². The molecule has 3 heterocycles. The summed E-state index contributed by atoms with van der Waals surface area (Å²) in [4.78, 5) is 25.0. The second-order valence-corrected chi connectivity index (χ2v) is 6.36. The van der Waals surface area contributed by atoms with Crippen LogP contribution in [0.3, 0.4) is 0 Å². The van der Waals surface area contributed by atoms with E-state index >= 15 is 0 Å². The van der Waals surface area contributed by atoms with Crippen LogP contribution in [0.1, 0.15) is 31.0 Å². The molecule has 0 saturated carbocycles. The smallest absolute Gasteiger partial charge is 0.274 e. The lowest BCUT2D eigenvalue weighted by Crippen LogP contribution is -2.35. The number of nitrogens with one attached hydrogen (secondary N) is 1. The molecular formula is C17H19N7O2. The average molecular weight is 353 g/mol. The number of nitrogens with zero attached hydrogens (tertiary/aromatic N) is 6. The number of amides is 1. The molecule has 4 rings (SSSR count). The number of carbonyl (C=O) groups is 1. The van der Waals surface area contributed by atoms with Gasteiger partial charge >= 0.3 is 0 Å². The Hall–Kier alpha value is -3.10. The van der Waals surface area contributed by atoms with Gasteiger partial charge in [0.15, 0.2) is 5.82 Å². The van der Waals surface area contributed by atoms with E-state index in [0.29, 0.717) is 24.3 Å². The van der Waals surface area contributed by atoms with E-state index in [2.05, 4.69) is 25.9 Å². The molecule has 1 aliphatic heterocycles. The van der Waals surface area contributed by atoms with E-state index in [1.54, 1.807) is 16.9 Å². The summed E-state index contributed by atoms with van der Waals surface area (Å²) >= 11 is 0. The second kappa shape index (κ2) is 7.03. The zero-order chi connectivity index (χ0) is 17.9. The Morgan fingerprint density at radius 3 is 3.08 bits per heavy atom. The number of aromatic nitrogens is 6. The van der Waals surface area contributed by atoms with Gasteiger partial charge in [0, 0.05) is 18.5 Å². The Morgan fingerprint density at radius 2 is 2.15 bits per heavy atom. The van der Waals surface area contributed by atoms with Crippen molar-refractivity contribution in [3.63, 3.8) is 0 Å². The van der Waals surface area contributed by atoms with Gasteiger partial charge in [-0.05, 0) is 29.3 Å². The first-order valence-corrected chi connectivity index (χ1v) is 8.72. The molecule has 9 nitrogen and oxygen atoms in total. The van der Waals surface area contributed by atoms with Crippen LogP contribution >= 0.6 is 0 Å². The van der Waals surface area contributed by atoms with Crippen molar-refractivity contribution < 1.29 is 4.79 Å². The molecule has 3 aromatic rings. The summed E-state index contributed by atoms with van der Waals surface area (Å²) < 4.78 is 3.08. The van der Waals surface area contributed by atoms with Crippen LogP contribution in [0.15, 0.2) is 35.3 Å². The molecule has 1 aliphatic rings. The van der Waals surface area contributed by atoms with E-state index in [0.717, 1.165) is 31.2 Å². The Balaban J connectivity index is 1.43. The Morgan fingerprint density at radius 1 is 1.27 bits per heavy atom. The number of rotatable bonds is 4. The lowest BCUT2D eigenvalue weighted by atomic mass is 10.0. The highest BCUT2D eigenvalue weighted by Crippen LogP contribution is 2.23. The zero-order valence-electron chi connectivity index (χ0n) is 14.2. The van der Waals surface area contributed by atoms with Gasteiger partial charge in [-0.3, -0.25) is 9.59 Å². The van der Waals surface area contributed by atoms with E-state index in [-0.39, 0.29) is 17.4 Å². The number of carbonyl (C=O) groups excluding carboxylic acids is 1. The quantitative estimate of drug-likeness (QED) is 0.730. The predicted molar refractivity (Wildman–Crippen MR) is 93.4 cm³/mol. The number of benzene rings is 1. The van der Waals surface area contributed by atoms with Crippen LogP contribution in [0, 0.1) is 0 Å². The van der Waals surface area contributed by atoms with Gasteiger partial charge in [-0.1, -0.05) is 24.6 Å². The maximum atomic E-state index is 12.6. The monoisotopic (exact) mass is 353 g/mol. The predicted octanol–water partition coefficient (Wildman–Crippen LogP) is 0.467. The van der Waals surface area contributed by atoms with Gasteiger partial charge in [-0.2, -0.15) is 5.10 Å². The van der Waals surface area contributed by atoms with E-state index < -0.39 is 0 Å². The maximum Gasteiger partial charge on any atom is 0.274 e. The SMILES string of the molecule is O=C(NCCn1ncc2ccccc2c1=O)[C@H]1CCCCn2nnnc21. The second-order valence-electron chi connectivity index (χ2n) is 6.36. The van der Waals surface area contributed by atoms with Crippen LogP contribution in [0.2, 0.25) is 0 Å². The van der Waals surface area contributed by atoms with E-state index in [1.807, 2.05) is 18.2 Å². The third-order valence-electron chi connectivity index (χ3n) is 4.69. The van der Waals surface area contributed by atoms with Gasteiger partial charge in [-0.25, -0.2) is 9.36 Å². The minimum Gasteiger partial charge on any atom is -0.354 e. The van der Waals surface area contributed by atoms with E-state index in [9.17, 15) is 9.59 Å². The first-order valence-electron chi connectivity index (χ1n) is 8.72. The van der Waals surface area contributed by atoms with Gasteiger partial charge in [-0.15, -0.1) is 5.10 Å². The van der Waals surface area contributed by atoms with Crippen LogP contribution in [0.4, 0.5) is 0 Å². The highest BCUT2D eigenvalue weighted by molar-refractivity contribution is 5.82. The molecule has 0 aliphatic carbocycles. The summed E-state index contributed by atoms with van der Waals surface area (Å²) in [6.45, 7) is 1.37.